The molecule has 2 aromatic carbocycles. The van der Waals surface area contributed by atoms with Crippen LogP contribution in [0.3, 0.4) is 0 Å². The van der Waals surface area contributed by atoms with E-state index in [1.165, 1.54) is 11.1 Å². The van der Waals surface area contributed by atoms with Crippen LogP contribution in [0.25, 0.3) is 0 Å². The second kappa shape index (κ2) is 12.1. The monoisotopic (exact) mass is 391 g/mol. The number of ether oxygens (including phenoxy) is 1. The molecule has 0 heterocycles. The van der Waals surface area contributed by atoms with Crippen molar-refractivity contribution in [1.82, 2.24) is 0 Å². The van der Waals surface area contributed by atoms with Crippen molar-refractivity contribution < 1.29 is 9.53 Å². The van der Waals surface area contributed by atoms with Crippen LogP contribution in [-0.4, -0.2) is 12.1 Å². The Bertz CT molecular complexity index is 794. The minimum atomic E-state index is -0.233. The summed E-state index contributed by atoms with van der Waals surface area (Å²) in [4.78, 5) is 12.4. The minimum absolute atomic E-state index is 0.0455. The fourth-order valence-corrected chi connectivity index (χ4v) is 3.85. The summed E-state index contributed by atoms with van der Waals surface area (Å²) in [6.07, 6.45) is 5.51. The van der Waals surface area contributed by atoms with E-state index in [4.69, 9.17) is 10.00 Å². The molecular weight excluding hydrogens is 358 g/mol. The zero-order valence-electron chi connectivity index (χ0n) is 17.9. The molecule has 0 spiro atoms. The van der Waals surface area contributed by atoms with E-state index in [9.17, 15) is 4.79 Å². The summed E-state index contributed by atoms with van der Waals surface area (Å²) in [6.45, 7) is 6.31. The number of aryl methyl sites for hydroxylation is 1. The van der Waals surface area contributed by atoms with E-state index in [1.54, 1.807) is 12.1 Å². The Morgan fingerprint density at radius 1 is 1.03 bits per heavy atom. The number of esters is 1. The van der Waals surface area contributed by atoms with Crippen LogP contribution >= 0.6 is 0 Å². The van der Waals surface area contributed by atoms with Gasteiger partial charge in [0, 0.05) is 5.92 Å². The Morgan fingerprint density at radius 3 is 2.41 bits per heavy atom. The smallest absolute Gasteiger partial charge is 0.338 e. The SMILES string of the molecule is CCCC(CCCc1ccccc1C(C)CC(C)C#N)OC(=O)c1ccccc1. The average molecular weight is 392 g/mol. The molecule has 0 radical (unpaired) electrons. The maximum absolute atomic E-state index is 12.4. The number of rotatable bonds is 11. The molecule has 3 nitrogen and oxygen atoms in total. The molecule has 0 amide bonds. The zero-order valence-corrected chi connectivity index (χ0v) is 17.9. The summed E-state index contributed by atoms with van der Waals surface area (Å²) in [5.41, 5.74) is 3.29. The Labute approximate surface area is 175 Å². The molecule has 0 saturated heterocycles. The summed E-state index contributed by atoms with van der Waals surface area (Å²) in [6, 6.07) is 20.1. The van der Waals surface area contributed by atoms with Gasteiger partial charge in [0.25, 0.3) is 0 Å². The fourth-order valence-electron chi connectivity index (χ4n) is 3.85. The van der Waals surface area contributed by atoms with Gasteiger partial charge in [0.05, 0.1) is 11.6 Å². The van der Waals surface area contributed by atoms with Crippen molar-refractivity contribution >= 4 is 5.97 Å². The van der Waals surface area contributed by atoms with Crippen molar-refractivity contribution in [2.24, 2.45) is 5.92 Å². The molecule has 2 aromatic rings. The lowest BCUT2D eigenvalue weighted by molar-refractivity contribution is 0.0255. The highest BCUT2D eigenvalue weighted by Gasteiger charge is 2.17. The Kier molecular flexibility index (Phi) is 9.44. The van der Waals surface area contributed by atoms with Crippen molar-refractivity contribution in [3.05, 3.63) is 71.3 Å². The quantitative estimate of drug-likeness (QED) is 0.401. The van der Waals surface area contributed by atoms with Crippen molar-refractivity contribution in [2.45, 2.75) is 71.3 Å². The molecule has 3 unspecified atom stereocenters. The number of carbonyl (C=O) groups excluding carboxylic acids is 1. The second-order valence-corrected chi connectivity index (χ2v) is 7.94. The standard InChI is InChI=1S/C26H33NO2/c1-4-11-24(29-26(28)23-13-6-5-7-14-23)16-10-15-22-12-8-9-17-25(22)21(3)18-20(2)19-27/h5-9,12-14,17,20-21,24H,4,10-11,15-16,18H2,1-3H3. The van der Waals surface area contributed by atoms with E-state index in [0.717, 1.165) is 38.5 Å². The van der Waals surface area contributed by atoms with E-state index >= 15 is 0 Å². The van der Waals surface area contributed by atoms with Gasteiger partial charge in [0.15, 0.2) is 0 Å². The van der Waals surface area contributed by atoms with Crippen LogP contribution in [0, 0.1) is 17.2 Å². The van der Waals surface area contributed by atoms with Crippen LogP contribution in [0.5, 0.6) is 0 Å². The van der Waals surface area contributed by atoms with Gasteiger partial charge in [-0.05, 0) is 68.2 Å². The third-order valence-corrected chi connectivity index (χ3v) is 5.38. The molecule has 29 heavy (non-hydrogen) atoms. The first-order valence-corrected chi connectivity index (χ1v) is 10.8. The molecule has 0 N–H and O–H groups in total. The van der Waals surface area contributed by atoms with Crippen molar-refractivity contribution in [3.63, 3.8) is 0 Å². The molecule has 3 atom stereocenters. The van der Waals surface area contributed by atoms with Gasteiger partial charge >= 0.3 is 5.97 Å². The summed E-state index contributed by atoms with van der Waals surface area (Å²) in [5.74, 6) is 0.191. The van der Waals surface area contributed by atoms with Gasteiger partial charge < -0.3 is 4.74 Å². The predicted molar refractivity (Wildman–Crippen MR) is 118 cm³/mol. The van der Waals surface area contributed by atoms with Crippen molar-refractivity contribution in [2.75, 3.05) is 0 Å². The van der Waals surface area contributed by atoms with Gasteiger partial charge in [-0.1, -0.05) is 62.7 Å². The zero-order chi connectivity index (χ0) is 21.1. The van der Waals surface area contributed by atoms with Gasteiger partial charge in [0.2, 0.25) is 0 Å². The Morgan fingerprint density at radius 2 is 1.72 bits per heavy atom. The van der Waals surface area contributed by atoms with Crippen LogP contribution in [0.15, 0.2) is 54.6 Å². The van der Waals surface area contributed by atoms with Gasteiger partial charge in [-0.25, -0.2) is 4.79 Å². The topological polar surface area (TPSA) is 50.1 Å². The molecule has 154 valence electrons. The molecular formula is C26H33NO2. The largest absolute Gasteiger partial charge is 0.459 e. The first-order chi connectivity index (χ1) is 14.0. The van der Waals surface area contributed by atoms with Gasteiger partial charge in [-0.3, -0.25) is 0 Å². The second-order valence-electron chi connectivity index (χ2n) is 7.94. The number of nitriles is 1. The number of carbonyl (C=O) groups is 1. The molecule has 0 aliphatic heterocycles. The average Bonchev–Trinajstić information content (AvgIpc) is 2.74. The highest BCUT2D eigenvalue weighted by molar-refractivity contribution is 5.89. The molecule has 0 aliphatic rings. The maximum atomic E-state index is 12.4. The maximum Gasteiger partial charge on any atom is 0.338 e. The Hall–Kier alpha value is -2.60. The van der Waals surface area contributed by atoms with Crippen molar-refractivity contribution in [1.29, 1.82) is 5.26 Å². The molecule has 0 saturated carbocycles. The van der Waals surface area contributed by atoms with E-state index in [2.05, 4.69) is 44.2 Å². The van der Waals surface area contributed by atoms with E-state index in [-0.39, 0.29) is 18.0 Å². The van der Waals surface area contributed by atoms with E-state index in [0.29, 0.717) is 11.5 Å². The lowest BCUT2D eigenvalue weighted by Crippen LogP contribution is -2.18. The van der Waals surface area contributed by atoms with Crippen LogP contribution in [-0.2, 0) is 11.2 Å². The summed E-state index contributed by atoms with van der Waals surface area (Å²) in [7, 11) is 0. The highest BCUT2D eigenvalue weighted by Crippen LogP contribution is 2.27. The predicted octanol–water partition coefficient (Wildman–Crippen LogP) is 6.69. The van der Waals surface area contributed by atoms with Crippen LogP contribution in [0.4, 0.5) is 0 Å². The highest BCUT2D eigenvalue weighted by atomic mass is 16.5. The molecule has 0 fully saturated rings. The Balaban J connectivity index is 1.94. The summed E-state index contributed by atoms with van der Waals surface area (Å²) >= 11 is 0. The molecule has 0 aliphatic carbocycles. The minimum Gasteiger partial charge on any atom is -0.459 e. The van der Waals surface area contributed by atoms with Crippen LogP contribution in [0.2, 0.25) is 0 Å². The first-order valence-electron chi connectivity index (χ1n) is 10.8. The van der Waals surface area contributed by atoms with Crippen molar-refractivity contribution in [3.8, 4) is 6.07 Å². The molecule has 2 rings (SSSR count). The normalized spacial score (nSPS) is 13.9. The summed E-state index contributed by atoms with van der Waals surface area (Å²) < 4.78 is 5.78. The third-order valence-electron chi connectivity index (χ3n) is 5.38. The number of benzene rings is 2. The molecule has 3 heteroatoms. The van der Waals surface area contributed by atoms with Crippen LogP contribution in [0.1, 0.15) is 80.3 Å². The first kappa shape index (κ1) is 22.7. The number of nitrogens with zero attached hydrogens (tertiary/aromatic N) is 1. The third kappa shape index (κ3) is 7.38. The van der Waals surface area contributed by atoms with Gasteiger partial charge in [-0.15, -0.1) is 0 Å². The number of hydrogen-bond acceptors (Lipinski definition) is 3. The van der Waals surface area contributed by atoms with Gasteiger partial charge in [0.1, 0.15) is 6.10 Å². The molecule has 0 aromatic heterocycles. The summed E-state index contributed by atoms with van der Waals surface area (Å²) in [5, 5.41) is 9.12. The van der Waals surface area contributed by atoms with Gasteiger partial charge in [-0.2, -0.15) is 5.26 Å². The fraction of sp³-hybridized carbons (Fsp3) is 0.462. The number of hydrogen-bond donors (Lipinski definition) is 0. The van der Waals surface area contributed by atoms with E-state index in [1.807, 2.05) is 25.1 Å². The lowest BCUT2D eigenvalue weighted by Gasteiger charge is -2.20. The lowest BCUT2D eigenvalue weighted by atomic mass is 9.87. The molecule has 0 bridgehead atoms. The van der Waals surface area contributed by atoms with E-state index < -0.39 is 0 Å². The van der Waals surface area contributed by atoms with Crippen LogP contribution < -0.4 is 0 Å².